The van der Waals surface area contributed by atoms with Gasteiger partial charge in [0.25, 0.3) is 5.89 Å². The van der Waals surface area contributed by atoms with Gasteiger partial charge in [-0.3, -0.25) is 10.1 Å². The van der Waals surface area contributed by atoms with Crippen molar-refractivity contribution in [3.63, 3.8) is 0 Å². The summed E-state index contributed by atoms with van der Waals surface area (Å²) in [4.78, 5) is 12.8. The van der Waals surface area contributed by atoms with Gasteiger partial charge in [0.15, 0.2) is 5.76 Å². The van der Waals surface area contributed by atoms with E-state index in [-0.39, 0.29) is 23.3 Å². The van der Waals surface area contributed by atoms with E-state index in [4.69, 9.17) is 13.6 Å². The Balaban J connectivity index is 1.50. The summed E-state index contributed by atoms with van der Waals surface area (Å²) < 4.78 is 42.8. The third-order valence-corrected chi connectivity index (χ3v) is 6.48. The fourth-order valence-electron chi connectivity index (χ4n) is 3.14. The number of rotatable bonds is 6. The van der Waals surface area contributed by atoms with E-state index < -0.39 is 22.0 Å². The van der Waals surface area contributed by atoms with Crippen molar-refractivity contribution >= 4 is 21.9 Å². The molecule has 0 aliphatic carbocycles. The highest BCUT2D eigenvalue weighted by atomic mass is 32.2. The molecular formula is C18H18N4O6S. The molecule has 1 aliphatic heterocycles. The molecule has 4 rings (SSSR count). The molecule has 0 spiro atoms. The summed E-state index contributed by atoms with van der Waals surface area (Å²) in [6.45, 7) is 0.244. The number of nitrogens with one attached hydrogen (secondary N) is 1. The Morgan fingerprint density at radius 1 is 1.24 bits per heavy atom. The van der Waals surface area contributed by atoms with Crippen LogP contribution in [0.1, 0.15) is 12.8 Å². The Hall–Kier alpha value is -3.18. The first-order valence-electron chi connectivity index (χ1n) is 8.83. The van der Waals surface area contributed by atoms with Crippen molar-refractivity contribution < 1.29 is 26.8 Å². The predicted molar refractivity (Wildman–Crippen MR) is 101 cm³/mol. The second-order valence-corrected chi connectivity index (χ2v) is 8.22. The van der Waals surface area contributed by atoms with E-state index in [1.807, 2.05) is 0 Å². The Labute approximate surface area is 166 Å². The zero-order valence-electron chi connectivity index (χ0n) is 15.4. The number of sulfonamides is 1. The van der Waals surface area contributed by atoms with Gasteiger partial charge in [0.2, 0.25) is 15.9 Å². The molecule has 2 aromatic heterocycles. The lowest BCUT2D eigenvalue weighted by Gasteiger charge is -2.22. The van der Waals surface area contributed by atoms with Gasteiger partial charge in [0, 0.05) is 6.54 Å². The number of methoxy groups -OCH3 is 1. The number of furan rings is 1. The third kappa shape index (κ3) is 3.74. The van der Waals surface area contributed by atoms with Crippen LogP contribution < -0.4 is 10.1 Å². The zero-order chi connectivity index (χ0) is 20.4. The molecule has 1 saturated heterocycles. The molecule has 1 amide bonds. The fraction of sp³-hybridized carbons (Fsp3) is 0.278. The van der Waals surface area contributed by atoms with Crippen LogP contribution >= 0.6 is 0 Å². The van der Waals surface area contributed by atoms with Crippen LogP contribution in [-0.4, -0.2) is 48.5 Å². The highest BCUT2D eigenvalue weighted by molar-refractivity contribution is 7.89. The van der Waals surface area contributed by atoms with Gasteiger partial charge in [-0.2, -0.15) is 4.31 Å². The van der Waals surface area contributed by atoms with Crippen molar-refractivity contribution in [2.24, 2.45) is 0 Å². The molecular weight excluding hydrogens is 400 g/mol. The summed E-state index contributed by atoms with van der Waals surface area (Å²) in [5, 5.41) is 10.0. The summed E-state index contributed by atoms with van der Waals surface area (Å²) in [6, 6.07) is 8.33. The molecule has 3 aromatic rings. The maximum absolute atomic E-state index is 13.0. The first-order valence-corrected chi connectivity index (χ1v) is 10.3. The van der Waals surface area contributed by atoms with Crippen LogP contribution in [0.2, 0.25) is 0 Å². The van der Waals surface area contributed by atoms with Crippen LogP contribution in [-0.2, 0) is 14.8 Å². The van der Waals surface area contributed by atoms with Crippen molar-refractivity contribution in [3.05, 3.63) is 42.7 Å². The lowest BCUT2D eigenvalue weighted by Crippen LogP contribution is -2.43. The first-order chi connectivity index (χ1) is 14.0. The lowest BCUT2D eigenvalue weighted by atomic mass is 10.2. The number of carbonyl (C=O) groups excluding carboxylic acids is 1. The standard InChI is InChI=1S/C18H18N4O6S/c1-26-12-6-8-13(9-7-12)29(24,25)22-10-2-4-14(22)16(23)19-18-21-20-17(28-18)15-5-3-11-27-15/h3,5-9,11,14H,2,4,10H2,1H3,(H,19,21,23). The largest absolute Gasteiger partial charge is 0.497 e. The van der Waals surface area contributed by atoms with Crippen LogP contribution in [0.5, 0.6) is 5.75 Å². The van der Waals surface area contributed by atoms with Crippen molar-refractivity contribution in [2.75, 3.05) is 19.0 Å². The molecule has 0 radical (unpaired) electrons. The number of hydrogen-bond donors (Lipinski definition) is 1. The normalized spacial score (nSPS) is 17.3. The lowest BCUT2D eigenvalue weighted by molar-refractivity contribution is -0.119. The number of anilines is 1. The fourth-order valence-corrected chi connectivity index (χ4v) is 4.79. The van der Waals surface area contributed by atoms with E-state index in [9.17, 15) is 13.2 Å². The van der Waals surface area contributed by atoms with E-state index in [0.717, 1.165) is 0 Å². The molecule has 0 saturated carbocycles. The maximum Gasteiger partial charge on any atom is 0.322 e. The summed E-state index contributed by atoms with van der Waals surface area (Å²) in [6.07, 6.45) is 2.41. The second-order valence-electron chi connectivity index (χ2n) is 6.33. The van der Waals surface area contributed by atoms with Gasteiger partial charge in [-0.15, -0.1) is 5.10 Å². The van der Waals surface area contributed by atoms with Gasteiger partial charge in [-0.1, -0.05) is 5.10 Å². The zero-order valence-corrected chi connectivity index (χ0v) is 16.3. The molecule has 1 atom stereocenters. The Kier molecular flexibility index (Phi) is 5.07. The molecule has 1 N–H and O–H groups in total. The number of amides is 1. The first kappa shape index (κ1) is 19.2. The minimum absolute atomic E-state index is 0.0934. The number of carbonyl (C=O) groups is 1. The van der Waals surface area contributed by atoms with E-state index in [1.165, 1.54) is 29.8 Å². The number of ether oxygens (including phenoxy) is 1. The highest BCUT2D eigenvalue weighted by Crippen LogP contribution is 2.28. The summed E-state index contributed by atoms with van der Waals surface area (Å²) in [5.41, 5.74) is 0. The van der Waals surface area contributed by atoms with Crippen LogP contribution in [0.4, 0.5) is 6.01 Å². The van der Waals surface area contributed by atoms with E-state index >= 15 is 0 Å². The molecule has 11 heteroatoms. The van der Waals surface area contributed by atoms with Gasteiger partial charge >= 0.3 is 6.01 Å². The molecule has 29 heavy (non-hydrogen) atoms. The SMILES string of the molecule is COc1ccc(S(=O)(=O)N2CCCC2C(=O)Nc2nnc(-c3ccco3)o2)cc1. The van der Waals surface area contributed by atoms with Crippen LogP contribution in [0.15, 0.2) is 56.4 Å². The highest BCUT2D eigenvalue weighted by Gasteiger charge is 2.40. The van der Waals surface area contributed by atoms with Gasteiger partial charge < -0.3 is 13.6 Å². The Bertz CT molecular complexity index is 1090. The minimum atomic E-state index is -3.85. The number of hydrogen-bond acceptors (Lipinski definition) is 8. The quantitative estimate of drug-likeness (QED) is 0.645. The van der Waals surface area contributed by atoms with E-state index in [2.05, 4.69) is 15.5 Å². The van der Waals surface area contributed by atoms with Gasteiger partial charge in [-0.05, 0) is 49.2 Å². The molecule has 1 fully saturated rings. The Morgan fingerprint density at radius 3 is 2.72 bits per heavy atom. The second kappa shape index (κ2) is 7.68. The van der Waals surface area contributed by atoms with Crippen LogP contribution in [0, 0.1) is 0 Å². The van der Waals surface area contributed by atoms with Gasteiger partial charge in [-0.25, -0.2) is 8.42 Å². The summed E-state index contributed by atoms with van der Waals surface area (Å²) >= 11 is 0. The molecule has 0 bridgehead atoms. The summed E-state index contributed by atoms with van der Waals surface area (Å²) in [7, 11) is -2.35. The number of benzene rings is 1. The van der Waals surface area contributed by atoms with Crippen LogP contribution in [0.25, 0.3) is 11.7 Å². The maximum atomic E-state index is 13.0. The minimum Gasteiger partial charge on any atom is -0.497 e. The average molecular weight is 418 g/mol. The van der Waals surface area contributed by atoms with Crippen LogP contribution in [0.3, 0.4) is 0 Å². The number of nitrogens with zero attached hydrogens (tertiary/aromatic N) is 3. The van der Waals surface area contributed by atoms with E-state index in [0.29, 0.717) is 24.4 Å². The number of aromatic nitrogens is 2. The van der Waals surface area contributed by atoms with Crippen molar-refractivity contribution in [2.45, 2.75) is 23.8 Å². The van der Waals surface area contributed by atoms with E-state index in [1.54, 1.807) is 24.3 Å². The van der Waals surface area contributed by atoms with Gasteiger partial charge in [0.1, 0.15) is 11.8 Å². The van der Waals surface area contributed by atoms with Crippen molar-refractivity contribution in [3.8, 4) is 17.4 Å². The third-order valence-electron chi connectivity index (χ3n) is 4.56. The van der Waals surface area contributed by atoms with Crippen molar-refractivity contribution in [1.29, 1.82) is 0 Å². The Morgan fingerprint density at radius 2 is 2.03 bits per heavy atom. The molecule has 1 aliphatic rings. The van der Waals surface area contributed by atoms with Gasteiger partial charge in [0.05, 0.1) is 18.3 Å². The molecule has 1 aromatic carbocycles. The predicted octanol–water partition coefficient (Wildman–Crippen LogP) is 2.13. The monoisotopic (exact) mass is 418 g/mol. The summed E-state index contributed by atoms with van der Waals surface area (Å²) in [5.74, 6) is 0.486. The smallest absolute Gasteiger partial charge is 0.322 e. The molecule has 152 valence electrons. The molecule has 10 nitrogen and oxygen atoms in total. The topological polar surface area (TPSA) is 128 Å². The molecule has 3 heterocycles. The molecule has 1 unspecified atom stereocenters. The van der Waals surface area contributed by atoms with Crippen molar-refractivity contribution in [1.82, 2.24) is 14.5 Å². The average Bonchev–Trinajstić information content (AvgIpc) is 3.48.